The number of hydrogen-bond donors (Lipinski definition) is 2. The highest BCUT2D eigenvalue weighted by atomic mass is 16.6. The Bertz CT molecular complexity index is 1590. The number of benzene rings is 2. The minimum Gasteiger partial charge on any atom is -0.493 e. The number of methoxy groups -OCH3 is 1. The Kier molecular flexibility index (Phi) is 8.28. The molecule has 46 heavy (non-hydrogen) atoms. The maximum Gasteiger partial charge on any atom is 0.352 e. The first-order valence-corrected chi connectivity index (χ1v) is 15.4. The summed E-state index contributed by atoms with van der Waals surface area (Å²) in [4.78, 5) is 52.3. The van der Waals surface area contributed by atoms with Gasteiger partial charge >= 0.3 is 17.9 Å². The van der Waals surface area contributed by atoms with Gasteiger partial charge in [0.25, 0.3) is 5.91 Å². The highest BCUT2D eigenvalue weighted by molar-refractivity contribution is 5.85. The topological polar surface area (TPSA) is 150 Å². The van der Waals surface area contributed by atoms with Crippen molar-refractivity contribution in [3.05, 3.63) is 71.0 Å². The van der Waals surface area contributed by atoms with Crippen molar-refractivity contribution >= 4 is 23.8 Å². The number of carbonyl (C=O) groups is 4. The molecule has 6 rings (SSSR count). The van der Waals surface area contributed by atoms with E-state index >= 15 is 0 Å². The molecule has 12 heteroatoms. The predicted molar refractivity (Wildman–Crippen MR) is 162 cm³/mol. The molecule has 1 spiro atoms. The summed E-state index contributed by atoms with van der Waals surface area (Å²) in [6, 6.07) is 12.2. The molecule has 2 aliphatic heterocycles. The summed E-state index contributed by atoms with van der Waals surface area (Å²) in [5, 5.41) is 14.9. The molecule has 1 amide bonds. The second-order valence-corrected chi connectivity index (χ2v) is 12.3. The molecular weight excluding hydrogens is 596 g/mol. The van der Waals surface area contributed by atoms with Crippen LogP contribution in [0.15, 0.2) is 54.3 Å². The third-order valence-electron chi connectivity index (χ3n) is 9.67. The normalized spacial score (nSPS) is 26.8. The molecule has 12 nitrogen and oxygen atoms in total. The number of nitrogens with one attached hydrogen (secondary N) is 1. The third kappa shape index (κ3) is 5.09. The SMILES string of the molecule is COc1ccc2c3c1O[C@H]1C(OC(=O)C(C)OC(=O)CCNC(=O)[C@@H](OC(C)=O)c4ccccc4)=CC[C@@]4(O)[C@@H](C2)N(C)CC[C@]314. The van der Waals surface area contributed by atoms with Gasteiger partial charge in [0.1, 0.15) is 5.76 Å². The lowest BCUT2D eigenvalue weighted by atomic mass is 9.50. The standard InChI is InChI=1S/C34H38N2O10/c1-19(43-26(38)13-16-35-31(39)28(44-20(2)37)21-8-6-5-7-9-21)32(40)45-24-12-14-34(41)25-18-22-10-11-23(42-4)29-27(22)33(34,30(24)46-29)15-17-36(25)3/h5-12,19,25,28,30,41H,13-18H2,1-4H3,(H,35,39)/t19?,25-,28+,30+,33+,34-/m1/s1. The van der Waals surface area contributed by atoms with E-state index in [0.29, 0.717) is 29.9 Å². The first-order valence-electron chi connectivity index (χ1n) is 15.4. The van der Waals surface area contributed by atoms with Crippen LogP contribution >= 0.6 is 0 Å². The van der Waals surface area contributed by atoms with Crippen molar-refractivity contribution in [2.45, 2.75) is 74.9 Å². The predicted octanol–water partition coefficient (Wildman–Crippen LogP) is 2.26. The third-order valence-corrected chi connectivity index (χ3v) is 9.67. The number of likely N-dealkylation sites (N-methyl/N-ethyl adjacent to an activating group) is 1. The summed E-state index contributed by atoms with van der Waals surface area (Å²) in [5.41, 5.74) is 0.480. The Morgan fingerprint density at radius 1 is 1.13 bits per heavy atom. The molecule has 2 aromatic rings. The van der Waals surface area contributed by atoms with Gasteiger partial charge in [-0.2, -0.15) is 0 Å². The van der Waals surface area contributed by atoms with Crippen molar-refractivity contribution in [2.75, 3.05) is 27.2 Å². The lowest BCUT2D eigenvalue weighted by molar-refractivity contribution is -0.175. The van der Waals surface area contributed by atoms with E-state index in [-0.39, 0.29) is 31.2 Å². The fourth-order valence-electron chi connectivity index (χ4n) is 7.54. The molecule has 2 aliphatic carbocycles. The van der Waals surface area contributed by atoms with E-state index in [9.17, 15) is 24.3 Å². The minimum absolute atomic E-state index is 0.107. The molecule has 2 aromatic carbocycles. The number of esters is 3. The maximum atomic E-state index is 13.2. The molecule has 2 N–H and O–H groups in total. The lowest BCUT2D eigenvalue weighted by Gasteiger charge is -2.61. The monoisotopic (exact) mass is 634 g/mol. The van der Waals surface area contributed by atoms with Crippen molar-refractivity contribution in [3.8, 4) is 11.5 Å². The van der Waals surface area contributed by atoms with E-state index in [2.05, 4.69) is 10.2 Å². The van der Waals surface area contributed by atoms with Crippen LogP contribution in [0.1, 0.15) is 55.9 Å². The van der Waals surface area contributed by atoms with Crippen LogP contribution in [-0.4, -0.2) is 84.9 Å². The van der Waals surface area contributed by atoms with Gasteiger partial charge in [-0.25, -0.2) is 4.79 Å². The first-order chi connectivity index (χ1) is 22.0. The molecule has 1 saturated heterocycles. The molecule has 0 saturated carbocycles. The fraction of sp³-hybridized carbons (Fsp3) is 0.471. The number of nitrogens with zero attached hydrogens (tertiary/aromatic N) is 1. The molecule has 1 unspecified atom stereocenters. The van der Waals surface area contributed by atoms with Crippen molar-refractivity contribution < 1.29 is 48.0 Å². The zero-order valence-corrected chi connectivity index (χ0v) is 26.2. The van der Waals surface area contributed by atoms with E-state index in [0.717, 1.165) is 17.7 Å². The van der Waals surface area contributed by atoms with Crippen LogP contribution in [0.5, 0.6) is 11.5 Å². The molecule has 1 fully saturated rings. The van der Waals surface area contributed by atoms with Crippen LogP contribution in [0.2, 0.25) is 0 Å². The summed E-state index contributed by atoms with van der Waals surface area (Å²) in [6.07, 6.45) is -0.239. The van der Waals surface area contributed by atoms with Gasteiger partial charge in [-0.15, -0.1) is 0 Å². The quantitative estimate of drug-likeness (QED) is 0.293. The van der Waals surface area contributed by atoms with Gasteiger partial charge in [0, 0.05) is 37.1 Å². The van der Waals surface area contributed by atoms with Gasteiger partial charge in [-0.3, -0.25) is 14.4 Å². The molecule has 2 heterocycles. The van der Waals surface area contributed by atoms with Crippen LogP contribution in [0.25, 0.3) is 0 Å². The van der Waals surface area contributed by atoms with Crippen LogP contribution in [0, 0.1) is 0 Å². The highest BCUT2D eigenvalue weighted by Gasteiger charge is 2.72. The van der Waals surface area contributed by atoms with E-state index in [1.165, 1.54) is 13.8 Å². The Labute approximate surface area is 266 Å². The van der Waals surface area contributed by atoms with Gasteiger partial charge < -0.3 is 39.0 Å². The molecule has 244 valence electrons. The van der Waals surface area contributed by atoms with Crippen LogP contribution in [-0.2, 0) is 45.2 Å². The lowest BCUT2D eigenvalue weighted by Crippen LogP contribution is -2.74. The number of piperidine rings is 1. The van der Waals surface area contributed by atoms with E-state index in [1.54, 1.807) is 43.5 Å². The highest BCUT2D eigenvalue weighted by Crippen LogP contribution is 2.65. The van der Waals surface area contributed by atoms with Crippen LogP contribution < -0.4 is 14.8 Å². The van der Waals surface area contributed by atoms with Crippen LogP contribution in [0.3, 0.4) is 0 Å². The van der Waals surface area contributed by atoms with Crippen molar-refractivity contribution in [2.24, 2.45) is 0 Å². The summed E-state index contributed by atoms with van der Waals surface area (Å²) in [7, 11) is 3.57. The Balaban J connectivity index is 1.10. The molecule has 4 aliphatic rings. The van der Waals surface area contributed by atoms with E-state index < -0.39 is 53.1 Å². The summed E-state index contributed by atoms with van der Waals surface area (Å²) in [5.74, 6) is -1.39. The van der Waals surface area contributed by atoms with Crippen LogP contribution in [0.4, 0.5) is 0 Å². The number of hydrogen-bond acceptors (Lipinski definition) is 11. The van der Waals surface area contributed by atoms with E-state index in [1.807, 2.05) is 19.2 Å². The Morgan fingerprint density at radius 3 is 2.61 bits per heavy atom. The van der Waals surface area contributed by atoms with E-state index in [4.69, 9.17) is 23.7 Å². The van der Waals surface area contributed by atoms with Gasteiger partial charge in [0.05, 0.1) is 24.5 Å². The summed E-state index contributed by atoms with van der Waals surface area (Å²) < 4.78 is 28.4. The van der Waals surface area contributed by atoms with Gasteiger partial charge in [-0.05, 0) is 51.1 Å². The number of ether oxygens (including phenoxy) is 5. The number of likely N-dealkylation sites (tertiary alicyclic amines) is 1. The fourth-order valence-corrected chi connectivity index (χ4v) is 7.54. The van der Waals surface area contributed by atoms with Gasteiger partial charge in [-0.1, -0.05) is 36.4 Å². The van der Waals surface area contributed by atoms with Gasteiger partial charge in [0.15, 0.2) is 23.7 Å². The number of carbonyl (C=O) groups excluding carboxylic acids is 4. The van der Waals surface area contributed by atoms with Crippen molar-refractivity contribution in [1.82, 2.24) is 10.2 Å². The number of amides is 1. The summed E-state index contributed by atoms with van der Waals surface area (Å²) >= 11 is 0. The molecule has 0 aromatic heterocycles. The van der Waals surface area contributed by atoms with Gasteiger partial charge in [0.2, 0.25) is 6.10 Å². The smallest absolute Gasteiger partial charge is 0.352 e. The number of aliphatic hydroxyl groups is 1. The average molecular weight is 635 g/mol. The summed E-state index contributed by atoms with van der Waals surface area (Å²) in [6.45, 7) is 3.22. The molecule has 2 bridgehead atoms. The molecule has 0 radical (unpaired) electrons. The minimum atomic E-state index is -1.26. The average Bonchev–Trinajstić information content (AvgIpc) is 3.39. The Morgan fingerprint density at radius 2 is 1.89 bits per heavy atom. The maximum absolute atomic E-state index is 13.2. The second kappa shape index (κ2) is 12.1. The largest absolute Gasteiger partial charge is 0.493 e. The Hall–Kier alpha value is -4.42. The molecular formula is C34H38N2O10. The first kappa shape index (κ1) is 31.6. The number of rotatable bonds is 10. The zero-order chi connectivity index (χ0) is 32.8. The van der Waals surface area contributed by atoms with Crippen molar-refractivity contribution in [1.29, 1.82) is 0 Å². The zero-order valence-electron chi connectivity index (χ0n) is 26.2. The second-order valence-electron chi connectivity index (χ2n) is 12.3. The molecule has 6 atom stereocenters. The van der Waals surface area contributed by atoms with Crippen molar-refractivity contribution in [3.63, 3.8) is 0 Å².